The molecule has 0 aliphatic carbocycles. The van der Waals surface area contributed by atoms with Crippen molar-refractivity contribution in [2.75, 3.05) is 18.1 Å². The monoisotopic (exact) mass is 489 g/mol. The summed E-state index contributed by atoms with van der Waals surface area (Å²) >= 11 is 6.11. The molecule has 2 aliphatic heterocycles. The van der Waals surface area contributed by atoms with Crippen molar-refractivity contribution < 1.29 is 24.2 Å². The zero-order valence-electron chi connectivity index (χ0n) is 19.2. The first kappa shape index (κ1) is 23.0. The number of nitrogens with zero attached hydrogens (tertiary/aromatic N) is 1. The molecule has 7 heteroatoms. The number of aliphatic hydroxyl groups excluding tert-OH is 1. The lowest BCUT2D eigenvalue weighted by atomic mass is 9.94. The minimum absolute atomic E-state index is 0.0239. The molecular formula is C28H24ClNO5. The fourth-order valence-corrected chi connectivity index (χ4v) is 4.74. The molecule has 1 N–H and O–H groups in total. The van der Waals surface area contributed by atoms with Gasteiger partial charge in [-0.05, 0) is 73.4 Å². The van der Waals surface area contributed by atoms with E-state index in [0.29, 0.717) is 40.8 Å². The van der Waals surface area contributed by atoms with Crippen LogP contribution in [-0.4, -0.2) is 30.0 Å². The summed E-state index contributed by atoms with van der Waals surface area (Å²) in [4.78, 5) is 28.1. The third-order valence-electron chi connectivity index (χ3n) is 6.22. The number of Topliss-reactive ketones (excluding diaryl/α,β-unsaturated/α-hetero) is 1. The molecule has 178 valence electrons. The molecule has 0 bridgehead atoms. The van der Waals surface area contributed by atoms with Crippen molar-refractivity contribution in [2.45, 2.75) is 25.8 Å². The van der Waals surface area contributed by atoms with Gasteiger partial charge in [-0.15, -0.1) is 0 Å². The van der Waals surface area contributed by atoms with Gasteiger partial charge in [0.25, 0.3) is 11.7 Å². The van der Waals surface area contributed by atoms with Crippen LogP contribution in [0, 0.1) is 0 Å². The Labute approximate surface area is 208 Å². The molecule has 0 saturated carbocycles. The molecule has 1 amide bonds. The number of aryl methyl sites for hydroxylation is 1. The van der Waals surface area contributed by atoms with Crippen molar-refractivity contribution in [1.29, 1.82) is 0 Å². The zero-order valence-corrected chi connectivity index (χ0v) is 19.9. The molecule has 1 unspecified atom stereocenters. The standard InChI is InChI=1S/C28H24ClNO5/c1-2-34-22-7-3-6-21(16-22)30-25(17-8-11-20(29)12-9-17)24(27(32)28(30)33)26(31)19-10-13-23-18(15-19)5-4-14-35-23/h3,6-13,15-16,25,31H,2,4-5,14H2,1H3/b26-24-. The number of hydrogen-bond donors (Lipinski definition) is 1. The molecule has 0 radical (unpaired) electrons. The Kier molecular flexibility index (Phi) is 6.22. The van der Waals surface area contributed by atoms with Gasteiger partial charge in [-0.1, -0.05) is 29.8 Å². The van der Waals surface area contributed by atoms with Gasteiger partial charge in [0.05, 0.1) is 24.8 Å². The lowest BCUT2D eigenvalue weighted by Gasteiger charge is -2.26. The number of benzene rings is 3. The van der Waals surface area contributed by atoms with Gasteiger partial charge < -0.3 is 14.6 Å². The third-order valence-corrected chi connectivity index (χ3v) is 6.47. The summed E-state index contributed by atoms with van der Waals surface area (Å²) in [7, 11) is 0. The Balaban J connectivity index is 1.67. The first-order valence-corrected chi connectivity index (χ1v) is 11.9. The molecule has 5 rings (SSSR count). The number of carbonyl (C=O) groups excluding carboxylic acids is 2. The summed E-state index contributed by atoms with van der Waals surface area (Å²) in [6, 6.07) is 18.4. The highest BCUT2D eigenvalue weighted by Crippen LogP contribution is 2.43. The first-order chi connectivity index (χ1) is 17.0. The van der Waals surface area contributed by atoms with E-state index in [1.807, 2.05) is 13.0 Å². The van der Waals surface area contributed by atoms with E-state index < -0.39 is 17.7 Å². The Bertz CT molecular complexity index is 1330. The van der Waals surface area contributed by atoms with Gasteiger partial charge in [0, 0.05) is 22.3 Å². The number of ketones is 1. The summed E-state index contributed by atoms with van der Waals surface area (Å²) in [5.41, 5.74) is 2.60. The third kappa shape index (κ3) is 4.26. The molecule has 1 fully saturated rings. The van der Waals surface area contributed by atoms with Crippen molar-refractivity contribution in [3.05, 3.63) is 94.0 Å². The average molecular weight is 490 g/mol. The van der Waals surface area contributed by atoms with E-state index in [9.17, 15) is 14.7 Å². The number of halogens is 1. The van der Waals surface area contributed by atoms with Gasteiger partial charge in [-0.2, -0.15) is 0 Å². The normalized spacial score (nSPS) is 18.8. The molecule has 6 nitrogen and oxygen atoms in total. The smallest absolute Gasteiger partial charge is 0.300 e. The van der Waals surface area contributed by atoms with Crippen LogP contribution in [-0.2, 0) is 16.0 Å². The number of fused-ring (bicyclic) bond motifs is 1. The molecule has 1 saturated heterocycles. The maximum absolute atomic E-state index is 13.4. The molecule has 35 heavy (non-hydrogen) atoms. The zero-order chi connectivity index (χ0) is 24.5. The molecule has 0 spiro atoms. The Morgan fingerprint density at radius 1 is 1.11 bits per heavy atom. The topological polar surface area (TPSA) is 76.1 Å². The van der Waals surface area contributed by atoms with Crippen LogP contribution in [0.3, 0.4) is 0 Å². The Morgan fingerprint density at radius 2 is 1.91 bits per heavy atom. The summed E-state index contributed by atoms with van der Waals surface area (Å²) in [6.07, 6.45) is 1.69. The van der Waals surface area contributed by atoms with Crippen LogP contribution in [0.2, 0.25) is 5.02 Å². The number of hydrogen-bond acceptors (Lipinski definition) is 5. The summed E-state index contributed by atoms with van der Waals surface area (Å²) < 4.78 is 11.3. The van der Waals surface area contributed by atoms with Gasteiger partial charge in [-0.3, -0.25) is 14.5 Å². The molecule has 0 aromatic heterocycles. The van der Waals surface area contributed by atoms with Crippen molar-refractivity contribution >= 4 is 34.7 Å². The number of aliphatic hydroxyl groups is 1. The lowest BCUT2D eigenvalue weighted by Crippen LogP contribution is -2.29. The molecule has 2 aliphatic rings. The quantitative estimate of drug-likeness (QED) is 0.283. The van der Waals surface area contributed by atoms with Crippen molar-refractivity contribution in [3.63, 3.8) is 0 Å². The van der Waals surface area contributed by atoms with Crippen LogP contribution in [0.15, 0.2) is 72.3 Å². The van der Waals surface area contributed by atoms with E-state index in [4.69, 9.17) is 21.1 Å². The van der Waals surface area contributed by atoms with E-state index in [0.717, 1.165) is 24.2 Å². The van der Waals surface area contributed by atoms with Gasteiger partial charge in [0.1, 0.15) is 17.3 Å². The second-order valence-corrected chi connectivity index (χ2v) is 8.86. The van der Waals surface area contributed by atoms with Gasteiger partial charge in [0.15, 0.2) is 0 Å². The van der Waals surface area contributed by atoms with Crippen LogP contribution in [0.5, 0.6) is 11.5 Å². The van der Waals surface area contributed by atoms with Crippen LogP contribution in [0.4, 0.5) is 5.69 Å². The van der Waals surface area contributed by atoms with Crippen LogP contribution in [0.25, 0.3) is 5.76 Å². The van der Waals surface area contributed by atoms with E-state index in [-0.39, 0.29) is 11.3 Å². The number of amides is 1. The second kappa shape index (κ2) is 9.47. The maximum atomic E-state index is 13.4. The van der Waals surface area contributed by atoms with Gasteiger partial charge >= 0.3 is 0 Å². The van der Waals surface area contributed by atoms with E-state index in [2.05, 4.69) is 0 Å². The number of carbonyl (C=O) groups is 2. The van der Waals surface area contributed by atoms with Crippen LogP contribution >= 0.6 is 11.6 Å². The molecular weight excluding hydrogens is 466 g/mol. The van der Waals surface area contributed by atoms with E-state index >= 15 is 0 Å². The van der Waals surface area contributed by atoms with Crippen molar-refractivity contribution in [3.8, 4) is 11.5 Å². The Morgan fingerprint density at radius 3 is 2.69 bits per heavy atom. The Hall–Kier alpha value is -3.77. The van der Waals surface area contributed by atoms with Crippen molar-refractivity contribution in [2.24, 2.45) is 0 Å². The number of anilines is 1. The summed E-state index contributed by atoms with van der Waals surface area (Å²) in [5, 5.41) is 11.9. The summed E-state index contributed by atoms with van der Waals surface area (Å²) in [5.74, 6) is -0.341. The second-order valence-electron chi connectivity index (χ2n) is 8.43. The highest BCUT2D eigenvalue weighted by molar-refractivity contribution is 6.51. The minimum atomic E-state index is -0.837. The molecule has 3 aromatic rings. The van der Waals surface area contributed by atoms with E-state index in [1.165, 1.54) is 4.90 Å². The van der Waals surface area contributed by atoms with E-state index in [1.54, 1.807) is 60.7 Å². The fourth-order valence-electron chi connectivity index (χ4n) is 4.61. The highest BCUT2D eigenvalue weighted by Gasteiger charge is 2.47. The average Bonchev–Trinajstić information content (AvgIpc) is 3.14. The van der Waals surface area contributed by atoms with Gasteiger partial charge in [0.2, 0.25) is 0 Å². The molecule has 1 atom stereocenters. The fraction of sp³-hybridized carbons (Fsp3) is 0.214. The summed E-state index contributed by atoms with van der Waals surface area (Å²) in [6.45, 7) is 2.99. The van der Waals surface area contributed by atoms with Crippen LogP contribution in [0.1, 0.15) is 36.1 Å². The minimum Gasteiger partial charge on any atom is -0.507 e. The number of rotatable bonds is 5. The SMILES string of the molecule is CCOc1cccc(N2C(=O)C(=O)/C(=C(\O)c3ccc4c(c3)CCCO4)C2c2ccc(Cl)cc2)c1. The predicted octanol–water partition coefficient (Wildman–Crippen LogP) is 5.69. The number of ether oxygens (including phenoxy) is 2. The largest absolute Gasteiger partial charge is 0.507 e. The molecule has 3 aromatic carbocycles. The highest BCUT2D eigenvalue weighted by atomic mass is 35.5. The molecule has 2 heterocycles. The first-order valence-electron chi connectivity index (χ1n) is 11.5. The predicted molar refractivity (Wildman–Crippen MR) is 134 cm³/mol. The van der Waals surface area contributed by atoms with Crippen LogP contribution < -0.4 is 14.4 Å². The van der Waals surface area contributed by atoms with Crippen molar-refractivity contribution in [1.82, 2.24) is 0 Å². The van der Waals surface area contributed by atoms with Gasteiger partial charge in [-0.25, -0.2) is 0 Å². The lowest BCUT2D eigenvalue weighted by molar-refractivity contribution is -0.132. The maximum Gasteiger partial charge on any atom is 0.300 e.